The van der Waals surface area contributed by atoms with E-state index in [0.29, 0.717) is 11.3 Å². The maximum Gasteiger partial charge on any atom is 0.296 e. The fourth-order valence-corrected chi connectivity index (χ4v) is 3.93. The second-order valence-electron chi connectivity index (χ2n) is 7.38. The summed E-state index contributed by atoms with van der Waals surface area (Å²) in [6, 6.07) is 15.4. The van der Waals surface area contributed by atoms with E-state index in [0.717, 1.165) is 0 Å². The number of hydrogen-bond donors (Lipinski definition) is 2. The number of benzene rings is 2. The number of aromatic nitrogens is 1. The number of rotatable bonds is 6. The molecule has 0 saturated carbocycles. The van der Waals surface area contributed by atoms with Crippen LogP contribution in [0.5, 0.6) is 17.2 Å². The zero-order chi connectivity index (χ0) is 23.5. The van der Waals surface area contributed by atoms with Crippen LogP contribution in [0.3, 0.4) is 0 Å². The number of carbonyl (C=O) groups excluding carboxylic acids is 2. The van der Waals surface area contributed by atoms with Gasteiger partial charge in [0.15, 0.2) is 0 Å². The van der Waals surface area contributed by atoms with E-state index in [4.69, 9.17) is 9.47 Å². The van der Waals surface area contributed by atoms with Crippen LogP contribution in [-0.4, -0.2) is 46.0 Å². The normalized spacial score (nSPS) is 17.3. The Labute approximate surface area is 190 Å². The molecule has 0 radical (unpaired) electrons. The third kappa shape index (κ3) is 3.98. The highest BCUT2D eigenvalue weighted by Gasteiger charge is 2.46. The first-order valence-corrected chi connectivity index (χ1v) is 10.1. The number of aromatic hydroxyl groups is 1. The summed E-state index contributed by atoms with van der Waals surface area (Å²) in [6.45, 7) is 0.0524. The van der Waals surface area contributed by atoms with E-state index in [1.807, 2.05) is 0 Å². The van der Waals surface area contributed by atoms with E-state index in [9.17, 15) is 19.8 Å². The number of phenolic OH excluding ortho intramolecular Hbond substituents is 1. The van der Waals surface area contributed by atoms with Gasteiger partial charge < -0.3 is 24.6 Å². The minimum Gasteiger partial charge on any atom is -0.508 e. The molecule has 1 saturated heterocycles. The van der Waals surface area contributed by atoms with Crippen LogP contribution in [-0.2, 0) is 16.1 Å². The molecule has 4 rings (SSSR count). The van der Waals surface area contributed by atoms with Gasteiger partial charge in [-0.1, -0.05) is 24.3 Å². The van der Waals surface area contributed by atoms with Gasteiger partial charge in [-0.15, -0.1) is 0 Å². The highest BCUT2D eigenvalue weighted by molar-refractivity contribution is 6.46. The average molecular weight is 446 g/mol. The summed E-state index contributed by atoms with van der Waals surface area (Å²) in [5.41, 5.74) is 1.18. The largest absolute Gasteiger partial charge is 0.508 e. The van der Waals surface area contributed by atoms with Gasteiger partial charge in [-0.2, -0.15) is 0 Å². The van der Waals surface area contributed by atoms with E-state index < -0.39 is 23.5 Å². The van der Waals surface area contributed by atoms with Gasteiger partial charge in [0.2, 0.25) is 0 Å². The highest BCUT2D eigenvalue weighted by Crippen LogP contribution is 2.44. The minimum atomic E-state index is -0.915. The number of ketones is 1. The third-order valence-electron chi connectivity index (χ3n) is 5.47. The smallest absolute Gasteiger partial charge is 0.296 e. The monoisotopic (exact) mass is 446 g/mol. The van der Waals surface area contributed by atoms with Crippen molar-refractivity contribution in [2.45, 2.75) is 12.6 Å². The van der Waals surface area contributed by atoms with Crippen LogP contribution in [0.25, 0.3) is 5.76 Å². The Kier molecular flexibility index (Phi) is 5.99. The standard InChI is InChI=1S/C25H22N2O6/c1-32-18-7-5-8-19(33-2)20(18)23(29)21-22(15-9-11-17(28)12-10-15)27(25(31)24(21)30)14-16-6-3-4-13-26-16/h3-13,22,28-29H,14H2,1-2H3/b23-21+. The first-order valence-electron chi connectivity index (χ1n) is 10.1. The Hall–Kier alpha value is -4.33. The molecule has 0 spiro atoms. The predicted molar refractivity (Wildman–Crippen MR) is 120 cm³/mol. The summed E-state index contributed by atoms with van der Waals surface area (Å²) in [4.78, 5) is 31.9. The summed E-state index contributed by atoms with van der Waals surface area (Å²) in [5.74, 6) is -1.42. The quantitative estimate of drug-likeness (QED) is 0.339. The molecule has 8 nitrogen and oxygen atoms in total. The van der Waals surface area contributed by atoms with Crippen LogP contribution >= 0.6 is 0 Å². The third-order valence-corrected chi connectivity index (χ3v) is 5.47. The molecule has 1 aliphatic heterocycles. The van der Waals surface area contributed by atoms with Gasteiger partial charge in [0.05, 0.1) is 38.1 Å². The van der Waals surface area contributed by atoms with E-state index in [1.54, 1.807) is 54.7 Å². The molecule has 1 atom stereocenters. The number of aliphatic hydroxyl groups is 1. The maximum absolute atomic E-state index is 13.2. The first kappa shape index (κ1) is 21.9. The van der Waals surface area contributed by atoms with Crippen LogP contribution < -0.4 is 9.47 Å². The summed E-state index contributed by atoms with van der Waals surface area (Å²) < 4.78 is 10.8. The average Bonchev–Trinajstić information content (AvgIpc) is 3.09. The van der Waals surface area contributed by atoms with Gasteiger partial charge in [0, 0.05) is 6.20 Å². The van der Waals surface area contributed by atoms with Crippen molar-refractivity contribution in [3.8, 4) is 17.2 Å². The van der Waals surface area contributed by atoms with Crippen molar-refractivity contribution in [2.75, 3.05) is 14.2 Å². The topological polar surface area (TPSA) is 109 Å². The van der Waals surface area contributed by atoms with Gasteiger partial charge in [0.1, 0.15) is 28.6 Å². The summed E-state index contributed by atoms with van der Waals surface area (Å²) in [7, 11) is 2.87. The lowest BCUT2D eigenvalue weighted by atomic mass is 9.94. The zero-order valence-corrected chi connectivity index (χ0v) is 18.1. The van der Waals surface area contributed by atoms with Gasteiger partial charge in [-0.05, 0) is 42.0 Å². The number of hydrogen-bond acceptors (Lipinski definition) is 7. The Morgan fingerprint density at radius 2 is 1.64 bits per heavy atom. The lowest BCUT2D eigenvalue weighted by Crippen LogP contribution is -2.29. The SMILES string of the molecule is COc1cccc(OC)c1/C(O)=C1\C(=O)C(=O)N(Cc2ccccn2)C1c1ccc(O)cc1. The van der Waals surface area contributed by atoms with Crippen LogP contribution in [0.15, 0.2) is 72.4 Å². The van der Waals surface area contributed by atoms with Crippen LogP contribution in [0.4, 0.5) is 0 Å². The number of phenols is 1. The fourth-order valence-electron chi connectivity index (χ4n) is 3.93. The molecule has 0 aliphatic carbocycles. The number of ether oxygens (including phenoxy) is 2. The second kappa shape index (κ2) is 9.04. The Balaban J connectivity index is 1.93. The van der Waals surface area contributed by atoms with E-state index in [-0.39, 0.29) is 34.9 Å². The van der Waals surface area contributed by atoms with Crippen molar-refractivity contribution in [3.63, 3.8) is 0 Å². The summed E-state index contributed by atoms with van der Waals surface area (Å²) >= 11 is 0. The molecule has 1 fully saturated rings. The molecule has 1 aromatic heterocycles. The molecule has 8 heteroatoms. The van der Waals surface area contributed by atoms with Crippen molar-refractivity contribution in [3.05, 3.63) is 89.3 Å². The van der Waals surface area contributed by atoms with E-state index >= 15 is 0 Å². The molecule has 33 heavy (non-hydrogen) atoms. The van der Waals surface area contributed by atoms with Gasteiger partial charge in [-0.3, -0.25) is 14.6 Å². The number of carbonyl (C=O) groups is 2. The summed E-state index contributed by atoms with van der Waals surface area (Å²) in [6.07, 6.45) is 1.60. The number of pyridine rings is 1. The van der Waals surface area contributed by atoms with E-state index in [1.165, 1.54) is 31.3 Å². The molecule has 2 N–H and O–H groups in total. The Morgan fingerprint density at radius 1 is 0.970 bits per heavy atom. The van der Waals surface area contributed by atoms with Gasteiger partial charge in [0.25, 0.3) is 11.7 Å². The molecule has 1 amide bonds. The van der Waals surface area contributed by atoms with Crippen molar-refractivity contribution < 1.29 is 29.3 Å². The van der Waals surface area contributed by atoms with Gasteiger partial charge in [-0.25, -0.2) is 0 Å². The number of Topliss-reactive ketones (excluding diaryl/α,β-unsaturated/α-hetero) is 1. The fraction of sp³-hybridized carbons (Fsp3) is 0.160. The molecule has 2 aromatic carbocycles. The number of aliphatic hydroxyl groups excluding tert-OH is 1. The summed E-state index contributed by atoms with van der Waals surface area (Å²) in [5, 5.41) is 21.1. The second-order valence-corrected chi connectivity index (χ2v) is 7.38. The number of nitrogens with zero attached hydrogens (tertiary/aromatic N) is 2. The molecule has 2 heterocycles. The number of amides is 1. The number of methoxy groups -OCH3 is 2. The molecular weight excluding hydrogens is 424 g/mol. The van der Waals surface area contributed by atoms with Crippen molar-refractivity contribution in [2.24, 2.45) is 0 Å². The highest BCUT2D eigenvalue weighted by atomic mass is 16.5. The van der Waals surface area contributed by atoms with Crippen LogP contribution in [0, 0.1) is 0 Å². The molecular formula is C25H22N2O6. The van der Waals surface area contributed by atoms with Crippen LogP contribution in [0.2, 0.25) is 0 Å². The molecule has 1 aliphatic rings. The number of likely N-dealkylation sites (tertiary alicyclic amines) is 1. The first-order chi connectivity index (χ1) is 16.0. The zero-order valence-electron chi connectivity index (χ0n) is 18.1. The predicted octanol–water partition coefficient (Wildman–Crippen LogP) is 3.43. The molecule has 1 unspecified atom stereocenters. The maximum atomic E-state index is 13.2. The van der Waals surface area contributed by atoms with E-state index in [2.05, 4.69) is 4.98 Å². The molecule has 3 aromatic rings. The molecule has 0 bridgehead atoms. The van der Waals surface area contributed by atoms with Crippen molar-refractivity contribution >= 4 is 17.4 Å². The Morgan fingerprint density at radius 3 is 2.21 bits per heavy atom. The lowest BCUT2D eigenvalue weighted by Gasteiger charge is -2.25. The van der Waals surface area contributed by atoms with Crippen LogP contribution in [0.1, 0.15) is 22.9 Å². The van der Waals surface area contributed by atoms with Crippen molar-refractivity contribution in [1.82, 2.24) is 9.88 Å². The van der Waals surface area contributed by atoms with Crippen molar-refractivity contribution in [1.29, 1.82) is 0 Å². The Bertz CT molecular complexity index is 1200. The lowest BCUT2D eigenvalue weighted by molar-refractivity contribution is -0.140. The molecule has 168 valence electrons. The van der Waals surface area contributed by atoms with Gasteiger partial charge >= 0.3 is 0 Å². The minimum absolute atomic E-state index is 0.0341.